The number of aliphatic hydroxyl groups is 1. The quantitative estimate of drug-likeness (QED) is 0.216. The van der Waals surface area contributed by atoms with Crippen LogP contribution in [-0.4, -0.2) is 23.4 Å². The Hall–Kier alpha value is -0.650. The molecule has 11 heavy (non-hydrogen) atoms. The van der Waals surface area contributed by atoms with Gasteiger partial charge in [0.15, 0.2) is 0 Å². The van der Waals surface area contributed by atoms with Crippen LogP contribution in [0.25, 0.3) is 0 Å². The van der Waals surface area contributed by atoms with Gasteiger partial charge in [-0.15, -0.1) is 0 Å². The fourth-order valence-electron chi connectivity index (χ4n) is 0.556. The molecule has 0 saturated heterocycles. The van der Waals surface area contributed by atoms with E-state index in [0.717, 1.165) is 0 Å². The van der Waals surface area contributed by atoms with E-state index >= 15 is 0 Å². The van der Waals surface area contributed by atoms with Gasteiger partial charge in [0, 0.05) is 0 Å². The Morgan fingerprint density at radius 1 is 1.73 bits per heavy atom. The lowest BCUT2D eigenvalue weighted by Crippen LogP contribution is -2.55. The first kappa shape index (κ1) is 10.3. The van der Waals surface area contributed by atoms with Gasteiger partial charge in [0.2, 0.25) is 5.72 Å². The fourth-order valence-corrected chi connectivity index (χ4v) is 0.556. The molecule has 0 spiro atoms. The summed E-state index contributed by atoms with van der Waals surface area (Å²) in [7, 11) is 0. The molecular formula is C6H14N2O3. The van der Waals surface area contributed by atoms with Crippen molar-refractivity contribution in [2.75, 3.05) is 6.61 Å². The van der Waals surface area contributed by atoms with Gasteiger partial charge in [0.05, 0.1) is 6.61 Å². The minimum absolute atomic E-state index is 0.169. The zero-order valence-corrected chi connectivity index (χ0v) is 6.76. The Balaban J connectivity index is 4.12. The zero-order valence-electron chi connectivity index (χ0n) is 6.76. The second kappa shape index (κ2) is 4.27. The summed E-state index contributed by atoms with van der Waals surface area (Å²) < 4.78 is 4.56. The van der Waals surface area contributed by atoms with E-state index < -0.39 is 11.7 Å². The molecular weight excluding hydrogens is 148 g/mol. The lowest BCUT2D eigenvalue weighted by Gasteiger charge is -2.22. The monoisotopic (exact) mass is 162 g/mol. The van der Waals surface area contributed by atoms with Gasteiger partial charge in [-0.25, -0.2) is 10.2 Å². The number of ether oxygens (including phenoxy) is 1. The van der Waals surface area contributed by atoms with Gasteiger partial charge in [0.25, 0.3) is 0 Å². The normalized spacial score (nSPS) is 15.6. The van der Waals surface area contributed by atoms with E-state index in [1.807, 2.05) is 5.43 Å². The van der Waals surface area contributed by atoms with Crippen LogP contribution in [-0.2, 0) is 9.53 Å². The largest absolute Gasteiger partial charge is 0.463 e. The molecule has 5 heteroatoms. The van der Waals surface area contributed by atoms with E-state index in [2.05, 4.69) is 4.74 Å². The smallest absolute Gasteiger partial charge is 0.354 e. The standard InChI is InChI=1S/C6H14N2O3/c1-3-6(10,8-7)5(9)11-4-2/h8,10H,3-4,7H2,1-2H3. The lowest BCUT2D eigenvalue weighted by molar-refractivity contribution is -0.169. The molecule has 0 aromatic rings. The minimum Gasteiger partial charge on any atom is -0.463 e. The summed E-state index contributed by atoms with van der Waals surface area (Å²) in [5.74, 6) is 4.20. The van der Waals surface area contributed by atoms with E-state index in [-0.39, 0.29) is 13.0 Å². The van der Waals surface area contributed by atoms with Gasteiger partial charge in [-0.1, -0.05) is 6.92 Å². The molecule has 0 heterocycles. The van der Waals surface area contributed by atoms with Crippen molar-refractivity contribution in [3.63, 3.8) is 0 Å². The number of carbonyl (C=O) groups is 1. The first-order valence-corrected chi connectivity index (χ1v) is 3.48. The summed E-state index contributed by atoms with van der Waals surface area (Å²) in [6, 6.07) is 0. The van der Waals surface area contributed by atoms with Crippen molar-refractivity contribution in [1.82, 2.24) is 5.43 Å². The van der Waals surface area contributed by atoms with E-state index in [9.17, 15) is 9.90 Å². The third kappa shape index (κ3) is 2.45. The third-order valence-corrected chi connectivity index (χ3v) is 1.36. The van der Waals surface area contributed by atoms with Crippen LogP contribution in [0.3, 0.4) is 0 Å². The molecule has 0 saturated carbocycles. The molecule has 0 aliphatic heterocycles. The van der Waals surface area contributed by atoms with Gasteiger partial charge in [-0.2, -0.15) is 0 Å². The lowest BCUT2D eigenvalue weighted by atomic mass is 10.2. The number of hydrogen-bond acceptors (Lipinski definition) is 5. The summed E-state index contributed by atoms with van der Waals surface area (Å²) in [6.07, 6.45) is 0.169. The van der Waals surface area contributed by atoms with Gasteiger partial charge >= 0.3 is 5.97 Å². The molecule has 0 aliphatic rings. The first-order chi connectivity index (χ1) is 5.10. The predicted molar refractivity (Wildman–Crippen MR) is 39.2 cm³/mol. The average molecular weight is 162 g/mol. The number of rotatable bonds is 4. The molecule has 0 fully saturated rings. The number of nitrogens with two attached hydrogens (primary N) is 1. The molecule has 0 aromatic carbocycles. The average Bonchev–Trinajstić information content (AvgIpc) is 2.03. The molecule has 4 N–H and O–H groups in total. The summed E-state index contributed by atoms with van der Waals surface area (Å²) in [5, 5.41) is 9.32. The third-order valence-electron chi connectivity index (χ3n) is 1.36. The van der Waals surface area contributed by atoms with Crippen LogP contribution in [0.15, 0.2) is 0 Å². The summed E-state index contributed by atoms with van der Waals surface area (Å²) in [6.45, 7) is 3.50. The van der Waals surface area contributed by atoms with Crippen LogP contribution in [0.4, 0.5) is 0 Å². The molecule has 0 radical (unpaired) electrons. The number of hydrogen-bond donors (Lipinski definition) is 3. The Bertz CT molecular complexity index is 134. The Morgan fingerprint density at radius 3 is 2.55 bits per heavy atom. The first-order valence-electron chi connectivity index (χ1n) is 3.48. The Labute approximate surface area is 65.5 Å². The Morgan fingerprint density at radius 2 is 2.27 bits per heavy atom. The maximum absolute atomic E-state index is 10.9. The van der Waals surface area contributed by atoms with Gasteiger partial charge in [-0.3, -0.25) is 5.84 Å². The molecule has 66 valence electrons. The highest BCUT2D eigenvalue weighted by Crippen LogP contribution is 2.05. The van der Waals surface area contributed by atoms with Crippen molar-refractivity contribution < 1.29 is 14.6 Å². The highest BCUT2D eigenvalue weighted by Gasteiger charge is 2.33. The van der Waals surface area contributed by atoms with Crippen molar-refractivity contribution >= 4 is 5.97 Å². The second-order valence-electron chi connectivity index (χ2n) is 2.08. The van der Waals surface area contributed by atoms with Gasteiger partial charge < -0.3 is 9.84 Å². The second-order valence-corrected chi connectivity index (χ2v) is 2.08. The van der Waals surface area contributed by atoms with E-state index in [4.69, 9.17) is 5.84 Å². The van der Waals surface area contributed by atoms with Crippen LogP contribution in [0.2, 0.25) is 0 Å². The van der Waals surface area contributed by atoms with Crippen molar-refractivity contribution in [3.8, 4) is 0 Å². The number of nitrogens with one attached hydrogen (secondary N) is 1. The molecule has 0 bridgehead atoms. The maximum atomic E-state index is 10.9. The predicted octanol–water partition coefficient (Wildman–Crippen LogP) is -0.889. The maximum Gasteiger partial charge on any atom is 0.354 e. The van der Waals surface area contributed by atoms with Crippen LogP contribution >= 0.6 is 0 Å². The zero-order chi connectivity index (χ0) is 8.91. The molecule has 1 unspecified atom stereocenters. The van der Waals surface area contributed by atoms with E-state index in [1.165, 1.54) is 0 Å². The van der Waals surface area contributed by atoms with Crippen LogP contribution < -0.4 is 11.3 Å². The molecule has 0 aromatic heterocycles. The fraction of sp³-hybridized carbons (Fsp3) is 0.833. The molecule has 0 rings (SSSR count). The molecule has 0 amide bonds. The van der Waals surface area contributed by atoms with Crippen LogP contribution in [0.1, 0.15) is 20.3 Å². The van der Waals surface area contributed by atoms with Crippen LogP contribution in [0.5, 0.6) is 0 Å². The van der Waals surface area contributed by atoms with Gasteiger partial charge in [0.1, 0.15) is 0 Å². The van der Waals surface area contributed by atoms with Crippen molar-refractivity contribution in [1.29, 1.82) is 0 Å². The number of hydrazine groups is 1. The highest BCUT2D eigenvalue weighted by atomic mass is 16.6. The Kier molecular flexibility index (Phi) is 4.02. The SMILES string of the molecule is CCOC(=O)C(O)(CC)NN. The molecule has 1 atom stereocenters. The van der Waals surface area contributed by atoms with Crippen LogP contribution in [0, 0.1) is 0 Å². The summed E-state index contributed by atoms with van der Waals surface area (Å²) >= 11 is 0. The molecule has 0 aliphatic carbocycles. The summed E-state index contributed by atoms with van der Waals surface area (Å²) in [4.78, 5) is 10.9. The van der Waals surface area contributed by atoms with Crippen molar-refractivity contribution in [2.24, 2.45) is 5.84 Å². The van der Waals surface area contributed by atoms with E-state index in [1.54, 1.807) is 13.8 Å². The summed E-state index contributed by atoms with van der Waals surface area (Å²) in [5.41, 5.74) is 0.254. The van der Waals surface area contributed by atoms with Crippen molar-refractivity contribution in [3.05, 3.63) is 0 Å². The number of carbonyl (C=O) groups excluding carboxylic acids is 1. The molecule has 5 nitrogen and oxygen atoms in total. The van der Waals surface area contributed by atoms with E-state index in [0.29, 0.717) is 0 Å². The topological polar surface area (TPSA) is 84.6 Å². The van der Waals surface area contributed by atoms with Gasteiger partial charge in [-0.05, 0) is 13.3 Å². The highest BCUT2D eigenvalue weighted by molar-refractivity contribution is 5.78. The minimum atomic E-state index is -1.74. The van der Waals surface area contributed by atoms with Crippen molar-refractivity contribution in [2.45, 2.75) is 26.0 Å². The number of esters is 1.